The monoisotopic (exact) mass is 271 g/mol. The Morgan fingerprint density at radius 1 is 1.26 bits per heavy atom. The molecule has 1 aliphatic rings. The van der Waals surface area contributed by atoms with Gasteiger partial charge < -0.3 is 21.5 Å². The fourth-order valence-electron chi connectivity index (χ4n) is 2.33. The summed E-state index contributed by atoms with van der Waals surface area (Å²) in [6.07, 6.45) is 4.56. The lowest BCUT2D eigenvalue weighted by Crippen LogP contribution is -2.55. The van der Waals surface area contributed by atoms with Crippen LogP contribution in [-0.4, -0.2) is 34.6 Å². The van der Waals surface area contributed by atoms with Crippen LogP contribution < -0.4 is 16.4 Å². The summed E-state index contributed by atoms with van der Waals surface area (Å²) in [6, 6.07) is -1.86. The first-order valence-corrected chi connectivity index (χ1v) is 6.42. The van der Waals surface area contributed by atoms with E-state index in [0.717, 1.165) is 32.1 Å². The summed E-state index contributed by atoms with van der Waals surface area (Å²) in [7, 11) is 0. The number of primary amides is 1. The summed E-state index contributed by atoms with van der Waals surface area (Å²) in [5.74, 6) is -2.04. The van der Waals surface area contributed by atoms with E-state index in [9.17, 15) is 14.4 Å². The Hall–Kier alpha value is -1.79. The molecule has 108 valence electrons. The van der Waals surface area contributed by atoms with Gasteiger partial charge in [0.1, 0.15) is 6.04 Å². The van der Waals surface area contributed by atoms with Crippen LogP contribution in [0.1, 0.15) is 45.4 Å². The molecule has 19 heavy (non-hydrogen) atoms. The van der Waals surface area contributed by atoms with E-state index in [0.29, 0.717) is 0 Å². The molecule has 0 unspecified atom stereocenters. The second-order valence-electron chi connectivity index (χ2n) is 5.28. The van der Waals surface area contributed by atoms with E-state index in [1.165, 1.54) is 0 Å². The zero-order valence-corrected chi connectivity index (χ0v) is 11.1. The summed E-state index contributed by atoms with van der Waals surface area (Å²) in [6.45, 7) is 1.94. The van der Waals surface area contributed by atoms with E-state index < -0.39 is 30.4 Å². The topological polar surface area (TPSA) is 122 Å². The van der Waals surface area contributed by atoms with Crippen molar-refractivity contribution < 1.29 is 19.5 Å². The van der Waals surface area contributed by atoms with Gasteiger partial charge in [-0.3, -0.25) is 4.79 Å². The third kappa shape index (κ3) is 5.15. The van der Waals surface area contributed by atoms with Crippen LogP contribution in [0.25, 0.3) is 0 Å². The van der Waals surface area contributed by atoms with E-state index in [1.54, 1.807) is 0 Å². The number of amides is 3. The molecule has 0 aromatic carbocycles. The average molecular weight is 271 g/mol. The third-order valence-electron chi connectivity index (χ3n) is 3.38. The maximum atomic E-state index is 11.8. The molecule has 0 radical (unpaired) electrons. The van der Waals surface area contributed by atoms with Crippen LogP contribution in [0, 0.1) is 0 Å². The number of hydrogen-bond acceptors (Lipinski definition) is 3. The van der Waals surface area contributed by atoms with Crippen LogP contribution in [0.2, 0.25) is 0 Å². The van der Waals surface area contributed by atoms with E-state index >= 15 is 0 Å². The van der Waals surface area contributed by atoms with Crippen LogP contribution >= 0.6 is 0 Å². The summed E-state index contributed by atoms with van der Waals surface area (Å²) in [5, 5.41) is 13.9. The number of rotatable bonds is 5. The molecule has 0 heterocycles. The molecule has 1 rings (SSSR count). The number of carboxylic acids is 1. The summed E-state index contributed by atoms with van der Waals surface area (Å²) >= 11 is 0. The van der Waals surface area contributed by atoms with Gasteiger partial charge in [-0.05, 0) is 19.8 Å². The Kier molecular flexibility index (Phi) is 5.14. The molecule has 3 amide bonds. The van der Waals surface area contributed by atoms with Crippen molar-refractivity contribution in [1.82, 2.24) is 10.6 Å². The second-order valence-corrected chi connectivity index (χ2v) is 5.28. The first kappa shape index (κ1) is 15.3. The van der Waals surface area contributed by atoms with Gasteiger partial charge in [0.15, 0.2) is 0 Å². The van der Waals surface area contributed by atoms with E-state index in [4.69, 9.17) is 10.8 Å². The highest BCUT2D eigenvalue weighted by molar-refractivity contribution is 5.87. The SMILES string of the molecule is CC1(NC(=O)N[C@@H](CC(N)=O)C(=O)O)CCCCC1. The molecule has 1 fully saturated rings. The molecule has 1 aliphatic carbocycles. The van der Waals surface area contributed by atoms with Gasteiger partial charge in [0.05, 0.1) is 6.42 Å². The number of carbonyl (C=O) groups is 3. The Balaban J connectivity index is 2.52. The van der Waals surface area contributed by atoms with Crippen molar-refractivity contribution in [3.63, 3.8) is 0 Å². The van der Waals surface area contributed by atoms with Crippen molar-refractivity contribution in [3.8, 4) is 0 Å². The molecule has 7 heteroatoms. The number of carboxylic acid groups (broad SMARTS) is 1. The maximum Gasteiger partial charge on any atom is 0.326 e. The lowest BCUT2D eigenvalue weighted by molar-refractivity contribution is -0.140. The van der Waals surface area contributed by atoms with Crippen molar-refractivity contribution in [3.05, 3.63) is 0 Å². The van der Waals surface area contributed by atoms with Crippen molar-refractivity contribution in [2.45, 2.75) is 57.0 Å². The average Bonchev–Trinajstić information content (AvgIpc) is 2.27. The van der Waals surface area contributed by atoms with Gasteiger partial charge in [-0.1, -0.05) is 19.3 Å². The smallest absolute Gasteiger partial charge is 0.326 e. The summed E-state index contributed by atoms with van der Waals surface area (Å²) in [5.41, 5.74) is 4.64. The minimum Gasteiger partial charge on any atom is -0.480 e. The Morgan fingerprint density at radius 2 is 1.84 bits per heavy atom. The first-order valence-electron chi connectivity index (χ1n) is 6.42. The normalized spacial score (nSPS) is 19.2. The molecule has 0 spiro atoms. The van der Waals surface area contributed by atoms with Gasteiger partial charge in [-0.2, -0.15) is 0 Å². The molecule has 5 N–H and O–H groups in total. The molecule has 1 atom stereocenters. The lowest BCUT2D eigenvalue weighted by Gasteiger charge is -2.34. The minimum atomic E-state index is -1.29. The number of hydrogen-bond donors (Lipinski definition) is 4. The molecule has 0 aromatic rings. The van der Waals surface area contributed by atoms with Crippen LogP contribution in [0.5, 0.6) is 0 Å². The predicted molar refractivity (Wildman–Crippen MR) is 68.4 cm³/mol. The molecule has 0 aliphatic heterocycles. The largest absolute Gasteiger partial charge is 0.480 e. The van der Waals surface area contributed by atoms with E-state index in [-0.39, 0.29) is 5.54 Å². The highest BCUT2D eigenvalue weighted by Crippen LogP contribution is 2.27. The molecule has 0 saturated heterocycles. The fraction of sp³-hybridized carbons (Fsp3) is 0.750. The van der Waals surface area contributed by atoms with Crippen molar-refractivity contribution >= 4 is 17.9 Å². The molecule has 0 aromatic heterocycles. The fourth-order valence-corrected chi connectivity index (χ4v) is 2.33. The maximum absolute atomic E-state index is 11.8. The molecule has 7 nitrogen and oxygen atoms in total. The van der Waals surface area contributed by atoms with Gasteiger partial charge in [-0.25, -0.2) is 9.59 Å². The van der Waals surface area contributed by atoms with Gasteiger partial charge in [0.25, 0.3) is 0 Å². The molecule has 0 bridgehead atoms. The highest BCUT2D eigenvalue weighted by atomic mass is 16.4. The molecular formula is C12H21N3O4. The molecule has 1 saturated carbocycles. The number of nitrogens with one attached hydrogen (secondary N) is 2. The van der Waals surface area contributed by atoms with Gasteiger partial charge >= 0.3 is 12.0 Å². The zero-order chi connectivity index (χ0) is 14.5. The summed E-state index contributed by atoms with van der Waals surface area (Å²) in [4.78, 5) is 33.4. The predicted octanol–water partition coefficient (Wildman–Crippen LogP) is 0.337. The van der Waals surface area contributed by atoms with Crippen LogP contribution in [0.4, 0.5) is 4.79 Å². The highest BCUT2D eigenvalue weighted by Gasteiger charge is 2.30. The number of nitrogens with two attached hydrogens (primary N) is 1. The quantitative estimate of drug-likeness (QED) is 0.575. The Labute approximate surface area is 111 Å². The number of urea groups is 1. The number of carbonyl (C=O) groups excluding carboxylic acids is 2. The third-order valence-corrected chi connectivity index (χ3v) is 3.38. The van der Waals surface area contributed by atoms with Crippen molar-refractivity contribution in [2.24, 2.45) is 5.73 Å². The van der Waals surface area contributed by atoms with Crippen molar-refractivity contribution in [2.75, 3.05) is 0 Å². The van der Waals surface area contributed by atoms with E-state index in [2.05, 4.69) is 10.6 Å². The van der Waals surface area contributed by atoms with Gasteiger partial charge in [-0.15, -0.1) is 0 Å². The van der Waals surface area contributed by atoms with Crippen molar-refractivity contribution in [1.29, 1.82) is 0 Å². The van der Waals surface area contributed by atoms with E-state index in [1.807, 2.05) is 6.92 Å². The van der Waals surface area contributed by atoms with Crippen LogP contribution in [-0.2, 0) is 9.59 Å². The Bertz CT molecular complexity index is 364. The Morgan fingerprint density at radius 3 is 2.32 bits per heavy atom. The van der Waals surface area contributed by atoms with Crippen LogP contribution in [0.15, 0.2) is 0 Å². The lowest BCUT2D eigenvalue weighted by atomic mass is 9.83. The second kappa shape index (κ2) is 6.40. The standard InChI is InChI=1S/C12H21N3O4/c1-12(5-3-2-4-6-12)15-11(19)14-8(10(17)18)7-9(13)16/h8H,2-7H2,1H3,(H2,13,16)(H,17,18)(H2,14,15,19)/t8-/m0/s1. The minimum absolute atomic E-state index is 0.307. The molecular weight excluding hydrogens is 250 g/mol. The zero-order valence-electron chi connectivity index (χ0n) is 11.1. The number of aliphatic carboxylic acids is 1. The van der Waals surface area contributed by atoms with Gasteiger partial charge in [0.2, 0.25) is 5.91 Å². The summed E-state index contributed by atoms with van der Waals surface area (Å²) < 4.78 is 0. The van der Waals surface area contributed by atoms with Crippen LogP contribution in [0.3, 0.4) is 0 Å². The van der Waals surface area contributed by atoms with Gasteiger partial charge in [0, 0.05) is 5.54 Å². The first-order chi connectivity index (χ1) is 8.82.